The molecule has 0 aliphatic carbocycles. The molecule has 0 rings (SSSR count). The second kappa shape index (κ2) is 6.69. The molecule has 0 saturated heterocycles. The Morgan fingerprint density at radius 3 is 2.08 bits per heavy atom. The van der Waals surface area contributed by atoms with Crippen molar-refractivity contribution < 1.29 is 0 Å². The zero-order chi connectivity index (χ0) is 9.56. The van der Waals surface area contributed by atoms with Crippen LogP contribution in [0.4, 0.5) is 0 Å². The summed E-state index contributed by atoms with van der Waals surface area (Å²) in [5, 5.41) is 0. The first-order valence-corrected chi connectivity index (χ1v) is 5.13. The highest BCUT2D eigenvalue weighted by Gasteiger charge is 2.02. The molecule has 0 N–H and O–H groups in total. The number of thiocarbonyl (C=S) groups is 1. The summed E-state index contributed by atoms with van der Waals surface area (Å²) in [6.07, 6.45) is 0. The van der Waals surface area contributed by atoms with Gasteiger partial charge in [0.15, 0.2) is 0 Å². The molecule has 0 spiro atoms. The molecule has 12 heavy (non-hydrogen) atoms. The fourth-order valence-electron chi connectivity index (χ4n) is 0.927. The number of hydrogen-bond acceptors (Lipinski definition) is 2. The van der Waals surface area contributed by atoms with Crippen molar-refractivity contribution in [2.24, 2.45) is 0 Å². The minimum atomic E-state index is 0.669. The van der Waals surface area contributed by atoms with Crippen molar-refractivity contribution in [3.63, 3.8) is 0 Å². The molecule has 0 fully saturated rings. The fraction of sp³-hybridized carbons (Fsp3) is 0.875. The molecule has 0 aliphatic heterocycles. The van der Waals surface area contributed by atoms with Gasteiger partial charge in [-0.1, -0.05) is 26.1 Å². The average molecular weight is 206 g/mol. The summed E-state index contributed by atoms with van der Waals surface area (Å²) in [6.45, 7) is 8.56. The van der Waals surface area contributed by atoms with Gasteiger partial charge in [-0.05, 0) is 13.1 Å². The largest absolute Gasteiger partial charge is 0.360 e. The second-order valence-corrected chi connectivity index (χ2v) is 3.84. The van der Waals surface area contributed by atoms with Crippen LogP contribution in [0.2, 0.25) is 0 Å². The molecule has 2 nitrogen and oxygen atoms in total. The van der Waals surface area contributed by atoms with Gasteiger partial charge in [0.25, 0.3) is 0 Å². The molecule has 0 radical (unpaired) electrons. The number of likely N-dealkylation sites (N-methyl/N-ethyl adjacent to an activating group) is 2. The summed E-state index contributed by atoms with van der Waals surface area (Å²) in [7, 11) is 1.97. The monoisotopic (exact) mass is 206 g/mol. The van der Waals surface area contributed by atoms with Gasteiger partial charge < -0.3 is 9.80 Å². The van der Waals surface area contributed by atoms with E-state index in [9.17, 15) is 0 Å². The summed E-state index contributed by atoms with van der Waals surface area (Å²) >= 11 is 9.01. The Morgan fingerprint density at radius 2 is 1.75 bits per heavy atom. The van der Waals surface area contributed by atoms with Gasteiger partial charge in [-0.25, -0.2) is 0 Å². The third kappa shape index (κ3) is 4.95. The van der Waals surface area contributed by atoms with E-state index in [1.54, 1.807) is 0 Å². The van der Waals surface area contributed by atoms with Gasteiger partial charge >= 0.3 is 0 Å². The first kappa shape index (κ1) is 12.2. The van der Waals surface area contributed by atoms with Crippen LogP contribution in [0.1, 0.15) is 13.8 Å². The minimum absolute atomic E-state index is 0.669. The van der Waals surface area contributed by atoms with Crippen molar-refractivity contribution >= 4 is 29.2 Å². The van der Waals surface area contributed by atoms with E-state index >= 15 is 0 Å². The smallest absolute Gasteiger partial charge is 0.133 e. The molecular weight excluding hydrogens is 188 g/mol. The topological polar surface area (TPSA) is 6.48 Å². The highest BCUT2D eigenvalue weighted by Crippen LogP contribution is 1.94. The van der Waals surface area contributed by atoms with E-state index in [1.165, 1.54) is 0 Å². The highest BCUT2D eigenvalue weighted by atomic mass is 32.1. The lowest BCUT2D eigenvalue weighted by molar-refractivity contribution is 0.282. The maximum Gasteiger partial charge on any atom is 0.133 e. The molecule has 0 saturated carbocycles. The Morgan fingerprint density at radius 1 is 1.25 bits per heavy atom. The Hall–Kier alpha value is 0.200. The lowest BCUT2D eigenvalue weighted by Gasteiger charge is -2.22. The van der Waals surface area contributed by atoms with Gasteiger partial charge in [0.1, 0.15) is 4.32 Å². The van der Waals surface area contributed by atoms with Crippen molar-refractivity contribution in [3.05, 3.63) is 0 Å². The van der Waals surface area contributed by atoms with E-state index in [1.807, 2.05) is 11.9 Å². The molecule has 0 atom stereocenters. The molecule has 0 bridgehead atoms. The van der Waals surface area contributed by atoms with E-state index in [0.717, 1.165) is 26.2 Å². The summed E-state index contributed by atoms with van der Waals surface area (Å²) in [6, 6.07) is 0. The number of rotatable bonds is 5. The summed E-state index contributed by atoms with van der Waals surface area (Å²) in [5.41, 5.74) is 0. The van der Waals surface area contributed by atoms with Gasteiger partial charge in [0, 0.05) is 20.1 Å². The zero-order valence-electron chi connectivity index (χ0n) is 8.08. The van der Waals surface area contributed by atoms with Crippen molar-refractivity contribution in [1.82, 2.24) is 9.80 Å². The molecule has 4 heteroatoms. The van der Waals surface area contributed by atoms with Crippen molar-refractivity contribution in [2.75, 3.05) is 33.2 Å². The summed E-state index contributed by atoms with van der Waals surface area (Å²) in [5.74, 6) is 0. The molecule has 72 valence electrons. The van der Waals surface area contributed by atoms with Crippen LogP contribution in [0.3, 0.4) is 0 Å². The lowest BCUT2D eigenvalue weighted by Crippen LogP contribution is -2.34. The van der Waals surface area contributed by atoms with Gasteiger partial charge in [-0.3, -0.25) is 0 Å². The van der Waals surface area contributed by atoms with Crippen LogP contribution in [0.15, 0.2) is 0 Å². The SMILES string of the molecule is CCN(CC)CCN(C)C(=S)S. The van der Waals surface area contributed by atoms with Crippen LogP contribution in [0.25, 0.3) is 0 Å². The van der Waals surface area contributed by atoms with Crippen LogP contribution in [-0.4, -0.2) is 47.3 Å². The van der Waals surface area contributed by atoms with E-state index in [0.29, 0.717) is 4.32 Å². The van der Waals surface area contributed by atoms with Crippen LogP contribution in [0.5, 0.6) is 0 Å². The van der Waals surface area contributed by atoms with E-state index in [-0.39, 0.29) is 0 Å². The number of thiol groups is 1. The summed E-state index contributed by atoms with van der Waals surface area (Å²) < 4.78 is 0.669. The van der Waals surface area contributed by atoms with Gasteiger partial charge in [0.2, 0.25) is 0 Å². The standard InChI is InChI=1S/C8H18N2S2/c1-4-10(5-2)7-6-9(3)8(11)12/h4-7H2,1-3H3,(H,11,12). The normalized spacial score (nSPS) is 10.4. The Bertz CT molecular complexity index is 135. The Balaban J connectivity index is 3.58. The average Bonchev–Trinajstić information content (AvgIpc) is 2.05. The molecule has 0 amide bonds. The first-order valence-electron chi connectivity index (χ1n) is 4.28. The van der Waals surface area contributed by atoms with Crippen molar-refractivity contribution in [2.45, 2.75) is 13.8 Å². The maximum atomic E-state index is 4.91. The predicted octanol–water partition coefficient (Wildman–Crippen LogP) is 1.47. The first-order chi connectivity index (χ1) is 5.61. The molecular formula is C8H18N2S2. The molecule has 0 heterocycles. The van der Waals surface area contributed by atoms with E-state index < -0.39 is 0 Å². The Kier molecular flexibility index (Phi) is 6.80. The minimum Gasteiger partial charge on any atom is -0.360 e. The van der Waals surface area contributed by atoms with Gasteiger partial charge in [-0.15, -0.1) is 12.6 Å². The van der Waals surface area contributed by atoms with Crippen molar-refractivity contribution in [3.8, 4) is 0 Å². The molecule has 0 aromatic heterocycles. The highest BCUT2D eigenvalue weighted by molar-refractivity contribution is 8.10. The predicted molar refractivity (Wildman–Crippen MR) is 62.0 cm³/mol. The molecule has 0 aliphatic rings. The van der Waals surface area contributed by atoms with Crippen molar-refractivity contribution in [1.29, 1.82) is 0 Å². The zero-order valence-corrected chi connectivity index (χ0v) is 9.79. The third-order valence-electron chi connectivity index (χ3n) is 1.97. The fourth-order valence-corrected chi connectivity index (χ4v) is 1.12. The number of hydrogen-bond donors (Lipinski definition) is 1. The third-order valence-corrected chi connectivity index (χ3v) is 2.63. The lowest BCUT2D eigenvalue weighted by atomic mass is 10.4. The molecule has 0 unspecified atom stereocenters. The maximum absolute atomic E-state index is 4.91. The summed E-state index contributed by atoms with van der Waals surface area (Å²) in [4.78, 5) is 4.35. The quantitative estimate of drug-likeness (QED) is 0.538. The van der Waals surface area contributed by atoms with Crippen LogP contribution in [0, 0.1) is 0 Å². The second-order valence-electron chi connectivity index (χ2n) is 2.73. The van der Waals surface area contributed by atoms with E-state index in [4.69, 9.17) is 12.2 Å². The molecule has 0 aromatic rings. The van der Waals surface area contributed by atoms with Gasteiger partial charge in [0.05, 0.1) is 0 Å². The Labute approximate surface area is 86.3 Å². The van der Waals surface area contributed by atoms with Crippen LogP contribution >= 0.6 is 24.8 Å². The van der Waals surface area contributed by atoms with Gasteiger partial charge in [-0.2, -0.15) is 0 Å². The van der Waals surface area contributed by atoms with E-state index in [2.05, 4.69) is 31.4 Å². The van der Waals surface area contributed by atoms with Crippen LogP contribution in [-0.2, 0) is 0 Å². The number of nitrogens with zero attached hydrogens (tertiary/aromatic N) is 2. The molecule has 0 aromatic carbocycles. The van der Waals surface area contributed by atoms with Crippen LogP contribution < -0.4 is 0 Å².